The molecule has 1 aliphatic heterocycles. The number of benzene rings is 1. The lowest BCUT2D eigenvalue weighted by molar-refractivity contribution is -0.335. The van der Waals surface area contributed by atoms with Crippen molar-refractivity contribution in [1.29, 1.82) is 0 Å². The molecule has 0 radical (unpaired) electrons. The van der Waals surface area contributed by atoms with E-state index in [1.807, 2.05) is 0 Å². The Kier molecular flexibility index (Phi) is 4.43. The Balaban J connectivity index is 2.54. The molecular formula is C14H13F3O5. The number of aliphatic carboxylic acids is 1. The summed E-state index contributed by atoms with van der Waals surface area (Å²) in [7, 11) is 1.29. The Labute approximate surface area is 123 Å². The number of carbonyl (C=O) groups is 1. The molecule has 1 aromatic rings. The molecule has 8 heteroatoms. The lowest BCUT2D eigenvalue weighted by Gasteiger charge is -2.38. The van der Waals surface area contributed by atoms with Crippen LogP contribution in [0.2, 0.25) is 0 Å². The largest absolute Gasteiger partial charge is 0.478 e. The zero-order chi connectivity index (χ0) is 16.4. The molecule has 0 fully saturated rings. The zero-order valence-corrected chi connectivity index (χ0v) is 11.5. The number of fused-ring (bicyclic) bond motifs is 1. The number of halogens is 3. The number of hydrogen-bond acceptors (Lipinski definition) is 4. The maximum absolute atomic E-state index is 13.5. The van der Waals surface area contributed by atoms with Crippen molar-refractivity contribution in [1.82, 2.24) is 0 Å². The van der Waals surface area contributed by atoms with Gasteiger partial charge in [-0.2, -0.15) is 13.2 Å². The second kappa shape index (κ2) is 5.98. The van der Waals surface area contributed by atoms with Gasteiger partial charge in [-0.1, -0.05) is 18.2 Å². The van der Waals surface area contributed by atoms with Gasteiger partial charge in [0.15, 0.2) is 0 Å². The molecule has 0 spiro atoms. The van der Waals surface area contributed by atoms with E-state index in [1.54, 1.807) is 6.07 Å². The molecule has 1 N–H and O–H groups in total. The molecule has 0 saturated heterocycles. The number of carboxylic acid groups (broad SMARTS) is 1. The first-order valence-electron chi connectivity index (χ1n) is 6.25. The van der Waals surface area contributed by atoms with Crippen molar-refractivity contribution in [3.05, 3.63) is 35.4 Å². The molecule has 1 heterocycles. The summed E-state index contributed by atoms with van der Waals surface area (Å²) in [4.78, 5) is 11.3. The van der Waals surface area contributed by atoms with Gasteiger partial charge in [0.25, 0.3) is 0 Å². The molecule has 0 bridgehead atoms. The summed E-state index contributed by atoms with van der Waals surface area (Å²) in [5.74, 6) is -5.25. The normalized spacial score (nSPS) is 20.8. The molecule has 0 saturated carbocycles. The third kappa shape index (κ3) is 2.79. The van der Waals surface area contributed by atoms with Crippen LogP contribution in [0.5, 0.6) is 5.75 Å². The van der Waals surface area contributed by atoms with E-state index in [0.29, 0.717) is 0 Å². The van der Waals surface area contributed by atoms with Gasteiger partial charge in [0.05, 0.1) is 13.2 Å². The average Bonchev–Trinajstić information content (AvgIpc) is 2.45. The van der Waals surface area contributed by atoms with E-state index in [9.17, 15) is 18.0 Å². The van der Waals surface area contributed by atoms with Crippen LogP contribution in [0.1, 0.15) is 5.56 Å². The smallest absolute Gasteiger partial charge is 0.460 e. The topological polar surface area (TPSA) is 65.0 Å². The number of alkyl halides is 3. The Morgan fingerprint density at radius 1 is 1.32 bits per heavy atom. The van der Waals surface area contributed by atoms with Gasteiger partial charge in [0.1, 0.15) is 11.3 Å². The maximum atomic E-state index is 13.5. The van der Waals surface area contributed by atoms with E-state index in [2.05, 4.69) is 4.74 Å². The zero-order valence-electron chi connectivity index (χ0n) is 11.5. The summed E-state index contributed by atoms with van der Waals surface area (Å²) in [6, 6.07) is 5.80. The van der Waals surface area contributed by atoms with E-state index in [1.165, 1.54) is 25.3 Å². The predicted molar refractivity (Wildman–Crippen MR) is 69.3 cm³/mol. The SMILES string of the molecule is COCCO[C@]1(C(F)(F)F)Oc2ccccc2C=C1C(=O)O. The maximum Gasteiger partial charge on any atom is 0.460 e. The minimum atomic E-state index is -5.08. The van der Waals surface area contributed by atoms with Crippen molar-refractivity contribution in [2.75, 3.05) is 20.3 Å². The van der Waals surface area contributed by atoms with Crippen LogP contribution in [0.25, 0.3) is 6.08 Å². The Hall–Kier alpha value is -2.06. The lowest BCUT2D eigenvalue weighted by atomic mass is 9.98. The highest BCUT2D eigenvalue weighted by Crippen LogP contribution is 2.46. The second-order valence-corrected chi connectivity index (χ2v) is 4.46. The Morgan fingerprint density at radius 3 is 2.59 bits per heavy atom. The molecular weight excluding hydrogens is 305 g/mol. The summed E-state index contributed by atoms with van der Waals surface area (Å²) < 4.78 is 55.0. The van der Waals surface area contributed by atoms with Crippen LogP contribution in [0.4, 0.5) is 13.2 Å². The first-order chi connectivity index (χ1) is 10.3. The molecule has 120 valence electrons. The number of rotatable bonds is 5. The third-order valence-corrected chi connectivity index (χ3v) is 3.02. The standard InChI is InChI=1S/C14H13F3O5/c1-20-6-7-21-13(14(15,16)17)10(12(18)19)8-9-4-2-3-5-11(9)22-13/h2-5,8H,6-7H2,1H3,(H,18,19)/t13-/m0/s1. The summed E-state index contributed by atoms with van der Waals surface area (Å²) in [6.45, 7) is -0.626. The van der Waals surface area contributed by atoms with Gasteiger partial charge in [0, 0.05) is 12.7 Å². The van der Waals surface area contributed by atoms with E-state index in [4.69, 9.17) is 14.6 Å². The van der Waals surface area contributed by atoms with E-state index in [0.717, 1.165) is 6.08 Å². The molecule has 2 rings (SSSR count). The number of para-hydroxylation sites is 1. The van der Waals surface area contributed by atoms with Crippen LogP contribution in [-0.4, -0.2) is 43.4 Å². The molecule has 1 aromatic carbocycles. The van der Waals surface area contributed by atoms with Crippen LogP contribution in [0, 0.1) is 0 Å². The van der Waals surface area contributed by atoms with Crippen LogP contribution < -0.4 is 4.74 Å². The molecule has 0 aromatic heterocycles. The lowest BCUT2D eigenvalue weighted by Crippen LogP contribution is -2.57. The third-order valence-electron chi connectivity index (χ3n) is 3.02. The first kappa shape index (κ1) is 16.3. The summed E-state index contributed by atoms with van der Waals surface area (Å²) in [6.07, 6.45) is -4.18. The average molecular weight is 318 g/mol. The van der Waals surface area contributed by atoms with Crippen LogP contribution in [0.3, 0.4) is 0 Å². The van der Waals surface area contributed by atoms with Crippen molar-refractivity contribution in [3.63, 3.8) is 0 Å². The molecule has 1 aliphatic rings. The fourth-order valence-electron chi connectivity index (χ4n) is 2.02. The highest BCUT2D eigenvalue weighted by molar-refractivity contribution is 5.95. The first-order valence-corrected chi connectivity index (χ1v) is 6.25. The Bertz CT molecular complexity index is 596. The van der Waals surface area contributed by atoms with Gasteiger partial charge in [-0.3, -0.25) is 0 Å². The fraction of sp³-hybridized carbons (Fsp3) is 0.357. The van der Waals surface area contributed by atoms with Crippen molar-refractivity contribution in [2.24, 2.45) is 0 Å². The molecule has 5 nitrogen and oxygen atoms in total. The number of hydrogen-bond donors (Lipinski definition) is 1. The minimum Gasteiger partial charge on any atom is -0.478 e. The molecule has 1 atom stereocenters. The van der Waals surface area contributed by atoms with Gasteiger partial charge in [0.2, 0.25) is 0 Å². The molecule has 0 aliphatic carbocycles. The summed E-state index contributed by atoms with van der Waals surface area (Å²) >= 11 is 0. The molecule has 0 amide bonds. The van der Waals surface area contributed by atoms with Gasteiger partial charge >= 0.3 is 17.9 Å². The second-order valence-electron chi connectivity index (χ2n) is 4.46. The minimum absolute atomic E-state index is 0.109. The van der Waals surface area contributed by atoms with E-state index in [-0.39, 0.29) is 17.9 Å². The highest BCUT2D eigenvalue weighted by Gasteiger charge is 2.65. The predicted octanol–water partition coefficient (Wildman–Crippen LogP) is 2.47. The van der Waals surface area contributed by atoms with Crippen molar-refractivity contribution >= 4 is 12.0 Å². The number of ether oxygens (including phenoxy) is 3. The quantitative estimate of drug-likeness (QED) is 0.845. The summed E-state index contributed by atoms with van der Waals surface area (Å²) in [5, 5.41) is 9.16. The van der Waals surface area contributed by atoms with E-state index < -0.39 is 30.1 Å². The van der Waals surface area contributed by atoms with Crippen molar-refractivity contribution in [2.45, 2.75) is 12.0 Å². The van der Waals surface area contributed by atoms with Gasteiger partial charge in [-0.15, -0.1) is 0 Å². The number of carboxylic acids is 1. The highest BCUT2D eigenvalue weighted by atomic mass is 19.4. The van der Waals surface area contributed by atoms with Crippen LogP contribution >= 0.6 is 0 Å². The monoisotopic (exact) mass is 318 g/mol. The van der Waals surface area contributed by atoms with Crippen LogP contribution in [-0.2, 0) is 14.3 Å². The van der Waals surface area contributed by atoms with Gasteiger partial charge in [-0.05, 0) is 12.1 Å². The fourth-order valence-corrected chi connectivity index (χ4v) is 2.02. The number of methoxy groups -OCH3 is 1. The van der Waals surface area contributed by atoms with Gasteiger partial charge < -0.3 is 19.3 Å². The molecule has 22 heavy (non-hydrogen) atoms. The Morgan fingerprint density at radius 2 is 2.00 bits per heavy atom. The van der Waals surface area contributed by atoms with Crippen molar-refractivity contribution in [3.8, 4) is 5.75 Å². The van der Waals surface area contributed by atoms with Crippen LogP contribution in [0.15, 0.2) is 29.8 Å². The summed E-state index contributed by atoms with van der Waals surface area (Å²) in [5.41, 5.74) is -0.801. The van der Waals surface area contributed by atoms with Gasteiger partial charge in [-0.25, -0.2) is 4.79 Å². The van der Waals surface area contributed by atoms with E-state index >= 15 is 0 Å². The molecule has 0 unspecified atom stereocenters. The van der Waals surface area contributed by atoms with Crippen molar-refractivity contribution < 1.29 is 37.3 Å².